The third-order valence-electron chi connectivity index (χ3n) is 5.94. The number of nitrogens with zero attached hydrogens (tertiary/aromatic N) is 4. The minimum absolute atomic E-state index is 0.0640. The number of anilines is 3. The van der Waals surface area contributed by atoms with Gasteiger partial charge in [0.2, 0.25) is 0 Å². The van der Waals surface area contributed by atoms with E-state index in [9.17, 15) is 14.7 Å². The predicted octanol–water partition coefficient (Wildman–Crippen LogP) is 0.732. The Morgan fingerprint density at radius 1 is 1.24 bits per heavy atom. The molecule has 0 aromatic carbocycles. The van der Waals surface area contributed by atoms with Gasteiger partial charge in [-0.05, 0) is 37.5 Å². The highest BCUT2D eigenvalue weighted by Gasteiger charge is 2.40. The van der Waals surface area contributed by atoms with Gasteiger partial charge in [-0.3, -0.25) is 15.0 Å². The molecule has 3 amide bonds. The summed E-state index contributed by atoms with van der Waals surface area (Å²) < 4.78 is 5.43. The monoisotopic (exact) mass is 454 g/mol. The fourth-order valence-electron chi connectivity index (χ4n) is 4.07. The van der Waals surface area contributed by atoms with Crippen LogP contribution in [0, 0.1) is 0 Å². The Bertz CT molecular complexity index is 1060. The van der Waals surface area contributed by atoms with Gasteiger partial charge in [-0.15, -0.1) is 0 Å². The van der Waals surface area contributed by atoms with Crippen LogP contribution in [0.3, 0.4) is 0 Å². The molecule has 4 N–H and O–H groups in total. The maximum absolute atomic E-state index is 13.3. The molecule has 0 spiro atoms. The Morgan fingerprint density at radius 2 is 2.09 bits per heavy atom. The summed E-state index contributed by atoms with van der Waals surface area (Å²) in [5.74, 6) is 0.907. The molecule has 11 nitrogen and oxygen atoms in total. The maximum Gasteiger partial charge on any atom is 0.329 e. The topological polar surface area (TPSA) is 140 Å². The fourth-order valence-corrected chi connectivity index (χ4v) is 4.07. The first-order valence-corrected chi connectivity index (χ1v) is 11.1. The molecular formula is C22H26N6O5. The van der Waals surface area contributed by atoms with Crippen LogP contribution in [0.2, 0.25) is 0 Å². The largest absolute Gasteiger partial charge is 0.491 e. The lowest BCUT2D eigenvalue weighted by Crippen LogP contribution is -2.48. The molecule has 5 rings (SSSR count). The Kier molecular flexibility index (Phi) is 5.73. The normalized spacial score (nSPS) is 19.6. The molecule has 4 heterocycles. The second-order valence-electron chi connectivity index (χ2n) is 8.50. The molecular weight excluding hydrogens is 428 g/mol. The number of fused-ring (bicyclic) bond motifs is 4. The minimum Gasteiger partial charge on any atom is -0.491 e. The summed E-state index contributed by atoms with van der Waals surface area (Å²) >= 11 is 0. The lowest BCUT2D eigenvalue weighted by Gasteiger charge is -2.35. The van der Waals surface area contributed by atoms with Gasteiger partial charge in [0, 0.05) is 31.4 Å². The van der Waals surface area contributed by atoms with Crippen molar-refractivity contribution in [3.63, 3.8) is 0 Å². The molecule has 33 heavy (non-hydrogen) atoms. The predicted molar refractivity (Wildman–Crippen MR) is 120 cm³/mol. The number of aliphatic hydroxyl groups is 2. The number of hydrogen-bond donors (Lipinski definition) is 4. The van der Waals surface area contributed by atoms with Crippen LogP contribution < -0.4 is 25.2 Å². The van der Waals surface area contributed by atoms with Gasteiger partial charge in [0.25, 0.3) is 5.91 Å². The number of aliphatic hydroxyl groups excluding tert-OH is 2. The van der Waals surface area contributed by atoms with Crippen LogP contribution in [0.4, 0.5) is 22.1 Å². The highest BCUT2D eigenvalue weighted by Crippen LogP contribution is 2.39. The molecule has 2 aliphatic heterocycles. The lowest BCUT2D eigenvalue weighted by molar-refractivity contribution is 0.0536. The van der Waals surface area contributed by atoms with Gasteiger partial charge in [0.05, 0.1) is 18.3 Å². The van der Waals surface area contributed by atoms with Crippen molar-refractivity contribution in [2.45, 2.75) is 37.5 Å². The first-order chi connectivity index (χ1) is 16.0. The number of nitrogens with one attached hydrogen (secondary N) is 2. The standard InChI is InChI=1S/C22H26N6O5/c29-11-15(30)12-33-16-5-7-23-19(9-16)26-22(32)28-14-6-8-27(10-14)18-4-3-17(25-20(18)28)21(31)24-13-1-2-13/h3-5,7,9,13-15,29-30H,1-2,6,8,10-12H2,(H,24,31)(H,23,26,32)/t14-,15?/m0/s1. The Balaban J connectivity index is 1.36. The molecule has 2 aromatic heterocycles. The van der Waals surface area contributed by atoms with Gasteiger partial charge in [-0.25, -0.2) is 14.8 Å². The van der Waals surface area contributed by atoms with E-state index in [1.54, 1.807) is 23.1 Å². The highest BCUT2D eigenvalue weighted by molar-refractivity contribution is 6.05. The summed E-state index contributed by atoms with van der Waals surface area (Å²) in [5.41, 5.74) is 1.11. The van der Waals surface area contributed by atoms with E-state index in [4.69, 9.17) is 9.84 Å². The molecule has 174 valence electrons. The molecule has 2 aromatic rings. The first kappa shape index (κ1) is 21.4. The molecule has 1 saturated heterocycles. The Hall–Kier alpha value is -3.44. The summed E-state index contributed by atoms with van der Waals surface area (Å²) in [6.45, 7) is 1.02. The molecule has 3 aliphatic rings. The smallest absolute Gasteiger partial charge is 0.329 e. The zero-order valence-corrected chi connectivity index (χ0v) is 18.0. The van der Waals surface area contributed by atoms with Crippen LogP contribution in [-0.4, -0.2) is 76.6 Å². The van der Waals surface area contributed by atoms with Crippen LogP contribution >= 0.6 is 0 Å². The third-order valence-corrected chi connectivity index (χ3v) is 5.94. The van der Waals surface area contributed by atoms with Gasteiger partial charge < -0.3 is 25.2 Å². The molecule has 2 fully saturated rings. The van der Waals surface area contributed by atoms with E-state index in [0.717, 1.165) is 31.5 Å². The van der Waals surface area contributed by atoms with Crippen molar-refractivity contribution in [1.29, 1.82) is 0 Å². The SMILES string of the molecule is O=C(NC1CC1)c1ccc2c(n1)N(C(=O)Nc1cc(OCC(O)CO)ccn1)[C@H]1CCN2C1. The van der Waals surface area contributed by atoms with E-state index in [-0.39, 0.29) is 36.1 Å². The molecule has 0 radical (unpaired) electrons. The van der Waals surface area contributed by atoms with E-state index >= 15 is 0 Å². The third kappa shape index (κ3) is 4.55. The summed E-state index contributed by atoms with van der Waals surface area (Å²) in [5, 5.41) is 24.1. The zero-order chi connectivity index (χ0) is 22.9. The number of urea groups is 1. The second kappa shape index (κ2) is 8.83. The molecule has 1 unspecified atom stereocenters. The van der Waals surface area contributed by atoms with Crippen molar-refractivity contribution in [3.05, 3.63) is 36.2 Å². The van der Waals surface area contributed by atoms with Crippen LogP contribution in [-0.2, 0) is 0 Å². The van der Waals surface area contributed by atoms with Crippen molar-refractivity contribution >= 4 is 29.3 Å². The number of carbonyl (C=O) groups is 2. The van der Waals surface area contributed by atoms with Gasteiger partial charge in [0.1, 0.15) is 30.0 Å². The van der Waals surface area contributed by atoms with Crippen molar-refractivity contribution in [1.82, 2.24) is 15.3 Å². The minimum atomic E-state index is -0.997. The van der Waals surface area contributed by atoms with Gasteiger partial charge in [-0.1, -0.05) is 0 Å². The average molecular weight is 454 g/mol. The molecule has 11 heteroatoms. The summed E-state index contributed by atoms with van der Waals surface area (Å²) in [4.78, 5) is 38.4. The van der Waals surface area contributed by atoms with E-state index in [0.29, 0.717) is 18.1 Å². The number of hydrogen-bond acceptors (Lipinski definition) is 8. The second-order valence-corrected chi connectivity index (χ2v) is 8.50. The highest BCUT2D eigenvalue weighted by atomic mass is 16.5. The summed E-state index contributed by atoms with van der Waals surface area (Å²) in [6, 6.07) is 6.45. The lowest BCUT2D eigenvalue weighted by atomic mass is 10.1. The van der Waals surface area contributed by atoms with Gasteiger partial charge in [-0.2, -0.15) is 0 Å². The van der Waals surface area contributed by atoms with Crippen LogP contribution in [0.25, 0.3) is 0 Å². The van der Waals surface area contributed by atoms with Crippen molar-refractivity contribution in [2.75, 3.05) is 41.4 Å². The quantitative estimate of drug-likeness (QED) is 0.480. The number of pyridine rings is 2. The summed E-state index contributed by atoms with van der Waals surface area (Å²) in [7, 11) is 0. The van der Waals surface area contributed by atoms with Crippen molar-refractivity contribution < 1.29 is 24.5 Å². The number of amides is 3. The molecule has 2 bridgehead atoms. The van der Waals surface area contributed by atoms with Gasteiger partial charge >= 0.3 is 6.03 Å². The maximum atomic E-state index is 13.3. The summed E-state index contributed by atoms with van der Waals surface area (Å²) in [6.07, 6.45) is 3.24. The Labute approximate surface area is 190 Å². The molecule has 1 saturated carbocycles. The van der Waals surface area contributed by atoms with E-state index < -0.39 is 18.7 Å². The van der Waals surface area contributed by atoms with Crippen molar-refractivity contribution in [3.8, 4) is 5.75 Å². The number of carbonyl (C=O) groups excluding carboxylic acids is 2. The first-order valence-electron chi connectivity index (χ1n) is 11.1. The van der Waals surface area contributed by atoms with Gasteiger partial charge in [0.15, 0.2) is 5.82 Å². The number of aromatic nitrogens is 2. The van der Waals surface area contributed by atoms with Crippen LogP contribution in [0.15, 0.2) is 30.5 Å². The van der Waals surface area contributed by atoms with E-state index in [1.165, 1.54) is 6.20 Å². The molecule has 2 atom stereocenters. The van der Waals surface area contributed by atoms with E-state index in [2.05, 4.69) is 25.5 Å². The Morgan fingerprint density at radius 3 is 2.88 bits per heavy atom. The number of rotatable bonds is 7. The zero-order valence-electron chi connectivity index (χ0n) is 18.0. The fraction of sp³-hybridized carbons (Fsp3) is 0.455. The molecule has 1 aliphatic carbocycles. The van der Waals surface area contributed by atoms with Crippen LogP contribution in [0.1, 0.15) is 29.8 Å². The number of ether oxygens (including phenoxy) is 1. The van der Waals surface area contributed by atoms with Crippen LogP contribution in [0.5, 0.6) is 5.75 Å². The van der Waals surface area contributed by atoms with E-state index in [1.807, 2.05) is 6.07 Å². The average Bonchev–Trinajstić information content (AvgIpc) is 3.55. The van der Waals surface area contributed by atoms with Crippen molar-refractivity contribution in [2.24, 2.45) is 0 Å².